The molecule has 0 bridgehead atoms. The van der Waals surface area contributed by atoms with E-state index in [2.05, 4.69) is 27.4 Å². The van der Waals surface area contributed by atoms with Gasteiger partial charge in [0.2, 0.25) is 5.89 Å². The number of hydrogen-bond acceptors (Lipinski definition) is 5. The molecule has 5 nitrogen and oxygen atoms in total. The van der Waals surface area contributed by atoms with Crippen LogP contribution in [0.4, 0.5) is 0 Å². The molecule has 20 heavy (non-hydrogen) atoms. The fourth-order valence-electron chi connectivity index (χ4n) is 2.95. The third kappa shape index (κ3) is 2.58. The summed E-state index contributed by atoms with van der Waals surface area (Å²) in [6.07, 6.45) is 7.58. The third-order valence-electron chi connectivity index (χ3n) is 4.01. The van der Waals surface area contributed by atoms with E-state index >= 15 is 0 Å². The highest BCUT2D eigenvalue weighted by Gasteiger charge is 2.39. The molecular weight excluding hydrogens is 252 g/mol. The standard InChI is InChI=1S/C15H20N4O/c1-2-5-15(6-9-17-11-15)14-18-13(19-20-14)10-12-3-7-16-8-4-12/h3-4,7-8,17H,2,5-6,9-11H2,1H3. The molecule has 0 aromatic carbocycles. The number of rotatable bonds is 5. The molecule has 5 heteroatoms. The summed E-state index contributed by atoms with van der Waals surface area (Å²) >= 11 is 0. The van der Waals surface area contributed by atoms with Gasteiger partial charge in [0.15, 0.2) is 5.82 Å². The largest absolute Gasteiger partial charge is 0.339 e. The molecule has 1 saturated heterocycles. The van der Waals surface area contributed by atoms with Crippen LogP contribution >= 0.6 is 0 Å². The van der Waals surface area contributed by atoms with E-state index in [0.29, 0.717) is 6.42 Å². The number of hydrogen-bond donors (Lipinski definition) is 1. The Hall–Kier alpha value is -1.75. The van der Waals surface area contributed by atoms with Crippen LogP contribution in [0.2, 0.25) is 0 Å². The Kier molecular flexibility index (Phi) is 3.78. The molecule has 0 spiro atoms. The summed E-state index contributed by atoms with van der Waals surface area (Å²) in [4.78, 5) is 8.66. The van der Waals surface area contributed by atoms with Gasteiger partial charge in [-0.1, -0.05) is 18.5 Å². The monoisotopic (exact) mass is 272 g/mol. The van der Waals surface area contributed by atoms with Crippen LogP contribution in [-0.2, 0) is 11.8 Å². The molecule has 1 atom stereocenters. The van der Waals surface area contributed by atoms with E-state index in [1.165, 1.54) is 0 Å². The van der Waals surface area contributed by atoms with Gasteiger partial charge in [-0.3, -0.25) is 4.98 Å². The molecule has 1 aliphatic heterocycles. The fourth-order valence-corrected chi connectivity index (χ4v) is 2.95. The molecule has 1 aliphatic rings. The molecule has 3 rings (SSSR count). The number of nitrogens with zero attached hydrogens (tertiary/aromatic N) is 3. The van der Waals surface area contributed by atoms with Gasteiger partial charge >= 0.3 is 0 Å². The Balaban J connectivity index is 1.79. The predicted molar refractivity (Wildman–Crippen MR) is 75.4 cm³/mol. The summed E-state index contributed by atoms with van der Waals surface area (Å²) in [6, 6.07) is 3.96. The maximum atomic E-state index is 5.56. The van der Waals surface area contributed by atoms with E-state index in [-0.39, 0.29) is 5.41 Å². The van der Waals surface area contributed by atoms with Gasteiger partial charge in [-0.25, -0.2) is 0 Å². The van der Waals surface area contributed by atoms with E-state index in [0.717, 1.165) is 49.6 Å². The summed E-state index contributed by atoms with van der Waals surface area (Å²) in [5.74, 6) is 1.56. The normalized spacial score (nSPS) is 22.2. The smallest absolute Gasteiger partial charge is 0.234 e. The summed E-state index contributed by atoms with van der Waals surface area (Å²) in [6.45, 7) is 4.17. The fraction of sp³-hybridized carbons (Fsp3) is 0.533. The van der Waals surface area contributed by atoms with Crippen LogP contribution < -0.4 is 5.32 Å². The van der Waals surface area contributed by atoms with Gasteiger partial charge in [-0.05, 0) is 37.1 Å². The van der Waals surface area contributed by atoms with Crippen LogP contribution in [0.15, 0.2) is 29.0 Å². The van der Waals surface area contributed by atoms with Crippen molar-refractivity contribution in [2.45, 2.75) is 38.0 Å². The van der Waals surface area contributed by atoms with Crippen LogP contribution in [0.25, 0.3) is 0 Å². The first-order chi connectivity index (χ1) is 9.82. The quantitative estimate of drug-likeness (QED) is 0.903. The molecule has 2 aromatic rings. The van der Waals surface area contributed by atoms with E-state index < -0.39 is 0 Å². The number of aromatic nitrogens is 3. The Labute approximate surface area is 118 Å². The first-order valence-corrected chi connectivity index (χ1v) is 7.25. The van der Waals surface area contributed by atoms with Crippen molar-refractivity contribution >= 4 is 0 Å². The Morgan fingerprint density at radius 2 is 2.20 bits per heavy atom. The van der Waals surface area contributed by atoms with Crippen molar-refractivity contribution in [1.82, 2.24) is 20.4 Å². The van der Waals surface area contributed by atoms with Crippen LogP contribution in [0.1, 0.15) is 43.5 Å². The van der Waals surface area contributed by atoms with Gasteiger partial charge in [0.25, 0.3) is 0 Å². The highest BCUT2D eigenvalue weighted by atomic mass is 16.5. The molecule has 0 amide bonds. The maximum Gasteiger partial charge on any atom is 0.234 e. The lowest BCUT2D eigenvalue weighted by Gasteiger charge is -2.22. The van der Waals surface area contributed by atoms with Crippen molar-refractivity contribution in [2.24, 2.45) is 0 Å². The summed E-state index contributed by atoms with van der Waals surface area (Å²) in [5, 5.41) is 7.57. The zero-order valence-electron chi connectivity index (χ0n) is 11.8. The first-order valence-electron chi connectivity index (χ1n) is 7.25. The van der Waals surface area contributed by atoms with Gasteiger partial charge in [-0.2, -0.15) is 4.98 Å². The van der Waals surface area contributed by atoms with Gasteiger partial charge in [-0.15, -0.1) is 0 Å². The summed E-state index contributed by atoms with van der Waals surface area (Å²) in [5.41, 5.74) is 1.19. The second kappa shape index (κ2) is 5.71. The van der Waals surface area contributed by atoms with Crippen molar-refractivity contribution in [3.05, 3.63) is 41.8 Å². The molecular formula is C15H20N4O. The van der Waals surface area contributed by atoms with E-state index in [4.69, 9.17) is 4.52 Å². The second-order valence-corrected chi connectivity index (χ2v) is 5.51. The minimum absolute atomic E-state index is 0.0399. The topological polar surface area (TPSA) is 63.8 Å². The molecule has 1 N–H and O–H groups in total. The molecule has 0 radical (unpaired) electrons. The molecule has 1 fully saturated rings. The highest BCUT2D eigenvalue weighted by Crippen LogP contribution is 2.34. The van der Waals surface area contributed by atoms with Crippen molar-refractivity contribution in [3.63, 3.8) is 0 Å². The maximum absolute atomic E-state index is 5.56. The van der Waals surface area contributed by atoms with E-state index in [1.807, 2.05) is 12.1 Å². The average molecular weight is 272 g/mol. The Morgan fingerprint density at radius 3 is 2.90 bits per heavy atom. The van der Waals surface area contributed by atoms with Crippen molar-refractivity contribution in [3.8, 4) is 0 Å². The van der Waals surface area contributed by atoms with Gasteiger partial charge < -0.3 is 9.84 Å². The van der Waals surface area contributed by atoms with Crippen LogP contribution in [0.3, 0.4) is 0 Å². The Bertz CT molecular complexity index is 546. The SMILES string of the molecule is CCCC1(c2nc(Cc3ccncc3)no2)CCNC1. The van der Waals surface area contributed by atoms with Crippen molar-refractivity contribution < 1.29 is 4.52 Å². The average Bonchev–Trinajstić information content (AvgIpc) is 3.10. The molecule has 0 saturated carbocycles. The van der Waals surface area contributed by atoms with E-state index in [1.54, 1.807) is 12.4 Å². The van der Waals surface area contributed by atoms with Crippen molar-refractivity contribution in [1.29, 1.82) is 0 Å². The first kappa shape index (κ1) is 13.2. The second-order valence-electron chi connectivity index (χ2n) is 5.51. The molecule has 0 aliphatic carbocycles. The number of nitrogens with one attached hydrogen (secondary N) is 1. The minimum Gasteiger partial charge on any atom is -0.339 e. The highest BCUT2D eigenvalue weighted by molar-refractivity contribution is 5.16. The van der Waals surface area contributed by atoms with Gasteiger partial charge in [0, 0.05) is 25.4 Å². The predicted octanol–water partition coefficient (Wildman–Crippen LogP) is 2.09. The minimum atomic E-state index is 0.0399. The van der Waals surface area contributed by atoms with Gasteiger partial charge in [0.05, 0.1) is 5.41 Å². The number of pyridine rings is 1. The summed E-state index contributed by atoms with van der Waals surface area (Å²) in [7, 11) is 0. The zero-order chi connectivity index (χ0) is 13.8. The van der Waals surface area contributed by atoms with Gasteiger partial charge in [0.1, 0.15) is 0 Å². The molecule has 3 heterocycles. The lowest BCUT2D eigenvalue weighted by Crippen LogP contribution is -2.29. The lowest BCUT2D eigenvalue weighted by molar-refractivity contribution is 0.276. The molecule has 106 valence electrons. The molecule has 2 aromatic heterocycles. The van der Waals surface area contributed by atoms with E-state index in [9.17, 15) is 0 Å². The molecule has 1 unspecified atom stereocenters. The van der Waals surface area contributed by atoms with Crippen LogP contribution in [0.5, 0.6) is 0 Å². The zero-order valence-corrected chi connectivity index (χ0v) is 11.8. The lowest BCUT2D eigenvalue weighted by atomic mass is 9.82. The third-order valence-corrected chi connectivity index (χ3v) is 4.01. The van der Waals surface area contributed by atoms with Crippen LogP contribution in [-0.4, -0.2) is 28.2 Å². The Morgan fingerprint density at radius 1 is 1.35 bits per heavy atom. The van der Waals surface area contributed by atoms with Crippen molar-refractivity contribution in [2.75, 3.05) is 13.1 Å². The van der Waals surface area contributed by atoms with Crippen LogP contribution in [0, 0.1) is 0 Å². The summed E-state index contributed by atoms with van der Waals surface area (Å²) < 4.78 is 5.56.